The van der Waals surface area contributed by atoms with Gasteiger partial charge in [-0.05, 0) is 45.6 Å². The van der Waals surface area contributed by atoms with Gasteiger partial charge in [-0.1, -0.05) is 0 Å². The summed E-state index contributed by atoms with van der Waals surface area (Å²) in [5.74, 6) is 0.749. The molecule has 1 amide bonds. The van der Waals surface area contributed by atoms with E-state index in [1.54, 1.807) is 6.07 Å². The van der Waals surface area contributed by atoms with Crippen LogP contribution in [0.3, 0.4) is 0 Å². The van der Waals surface area contributed by atoms with Crippen LogP contribution in [0.1, 0.15) is 50.1 Å². The van der Waals surface area contributed by atoms with E-state index < -0.39 is 0 Å². The topological polar surface area (TPSA) is 51.3 Å². The molecule has 0 spiro atoms. The van der Waals surface area contributed by atoms with Crippen LogP contribution in [0.2, 0.25) is 0 Å². The minimum Gasteiger partial charge on any atom is -0.397 e. The fourth-order valence-corrected chi connectivity index (χ4v) is 2.36. The molecule has 1 fully saturated rings. The minimum atomic E-state index is 0.0693. The summed E-state index contributed by atoms with van der Waals surface area (Å²) in [5.41, 5.74) is 7.16. The lowest BCUT2D eigenvalue weighted by Gasteiger charge is -2.26. The molecule has 1 aliphatic rings. The van der Waals surface area contributed by atoms with Gasteiger partial charge in [-0.25, -0.2) is 0 Å². The van der Waals surface area contributed by atoms with E-state index in [4.69, 9.17) is 5.73 Å². The Morgan fingerprint density at radius 2 is 2.06 bits per heavy atom. The van der Waals surface area contributed by atoms with Gasteiger partial charge in [0.05, 0.1) is 5.69 Å². The lowest BCUT2D eigenvalue weighted by molar-refractivity contribution is 0.0714. The lowest BCUT2D eigenvalue weighted by Crippen LogP contribution is -2.37. The van der Waals surface area contributed by atoms with Crippen LogP contribution >= 0.6 is 0 Å². The predicted molar refractivity (Wildman–Crippen MR) is 73.5 cm³/mol. The molecule has 1 atom stereocenters. The molecule has 1 heterocycles. The van der Waals surface area contributed by atoms with E-state index in [1.807, 2.05) is 22.7 Å². The number of nitrogens with zero attached hydrogens (tertiary/aromatic N) is 2. The molecule has 0 saturated heterocycles. The third-order valence-electron chi connectivity index (χ3n) is 3.88. The zero-order valence-corrected chi connectivity index (χ0v) is 11.7. The first-order valence-corrected chi connectivity index (χ1v) is 6.66. The monoisotopic (exact) mass is 249 g/mol. The molecule has 0 bridgehead atoms. The number of carbonyl (C=O) groups excluding carboxylic acids is 1. The first-order chi connectivity index (χ1) is 8.41. The summed E-state index contributed by atoms with van der Waals surface area (Å²) in [4.78, 5) is 14.4. The smallest absolute Gasteiger partial charge is 0.270 e. The molecular formula is C14H23N3O. The van der Waals surface area contributed by atoms with Crippen molar-refractivity contribution >= 4 is 11.6 Å². The Morgan fingerprint density at radius 1 is 1.44 bits per heavy atom. The van der Waals surface area contributed by atoms with Gasteiger partial charge in [0.1, 0.15) is 5.69 Å². The molecule has 0 radical (unpaired) electrons. The highest BCUT2D eigenvalue weighted by Crippen LogP contribution is 2.35. The van der Waals surface area contributed by atoms with E-state index in [1.165, 1.54) is 12.8 Å². The average Bonchev–Trinajstić information content (AvgIpc) is 3.09. The second-order valence-electron chi connectivity index (χ2n) is 5.65. The molecule has 1 unspecified atom stereocenters. The number of carbonyl (C=O) groups is 1. The number of amides is 1. The Hall–Kier alpha value is -1.45. The number of nitrogen functional groups attached to an aromatic ring is 1. The standard InChI is InChI=1S/C14H23N3O/c1-9(2)17-8-12(15)7-13(17)14(18)16(4)10(3)11-5-6-11/h7-11H,5-6,15H2,1-4H3. The number of anilines is 1. The van der Waals surface area contributed by atoms with Crippen LogP contribution in [-0.2, 0) is 0 Å². The summed E-state index contributed by atoms with van der Waals surface area (Å²) < 4.78 is 1.95. The second kappa shape index (κ2) is 4.67. The summed E-state index contributed by atoms with van der Waals surface area (Å²) in [6.45, 7) is 6.24. The summed E-state index contributed by atoms with van der Waals surface area (Å²) >= 11 is 0. The number of aromatic nitrogens is 1. The largest absolute Gasteiger partial charge is 0.397 e. The van der Waals surface area contributed by atoms with Crippen molar-refractivity contribution in [1.82, 2.24) is 9.47 Å². The van der Waals surface area contributed by atoms with Crippen molar-refractivity contribution in [3.63, 3.8) is 0 Å². The van der Waals surface area contributed by atoms with Gasteiger partial charge in [-0.2, -0.15) is 0 Å². The maximum absolute atomic E-state index is 12.5. The third kappa shape index (κ3) is 2.37. The van der Waals surface area contributed by atoms with Crippen LogP contribution in [0.25, 0.3) is 0 Å². The average molecular weight is 249 g/mol. The van der Waals surface area contributed by atoms with Crippen molar-refractivity contribution in [3.8, 4) is 0 Å². The van der Waals surface area contributed by atoms with Crippen molar-refractivity contribution in [2.24, 2.45) is 5.92 Å². The number of hydrogen-bond acceptors (Lipinski definition) is 2. The first-order valence-electron chi connectivity index (χ1n) is 6.66. The molecule has 2 rings (SSSR count). The van der Waals surface area contributed by atoms with Crippen molar-refractivity contribution in [3.05, 3.63) is 18.0 Å². The van der Waals surface area contributed by atoms with Crippen molar-refractivity contribution in [2.75, 3.05) is 12.8 Å². The fraction of sp³-hybridized carbons (Fsp3) is 0.643. The maximum atomic E-state index is 12.5. The van der Waals surface area contributed by atoms with Gasteiger partial charge < -0.3 is 15.2 Å². The molecule has 1 aromatic heterocycles. The molecule has 0 aliphatic heterocycles. The Labute approximate surface area is 109 Å². The Balaban J connectivity index is 2.21. The van der Waals surface area contributed by atoms with Crippen molar-refractivity contribution < 1.29 is 4.79 Å². The first kappa shape index (κ1) is 13.0. The van der Waals surface area contributed by atoms with Crippen molar-refractivity contribution in [1.29, 1.82) is 0 Å². The van der Waals surface area contributed by atoms with Crippen LogP contribution < -0.4 is 5.73 Å². The van der Waals surface area contributed by atoms with E-state index in [9.17, 15) is 4.79 Å². The van der Waals surface area contributed by atoms with Crippen LogP contribution in [0.5, 0.6) is 0 Å². The predicted octanol–water partition coefficient (Wildman–Crippen LogP) is 2.52. The molecule has 0 aromatic carbocycles. The zero-order chi connectivity index (χ0) is 13.4. The van der Waals surface area contributed by atoms with Crippen molar-refractivity contribution in [2.45, 2.75) is 45.7 Å². The summed E-state index contributed by atoms with van der Waals surface area (Å²) in [6, 6.07) is 2.33. The molecular weight excluding hydrogens is 226 g/mol. The lowest BCUT2D eigenvalue weighted by atomic mass is 10.2. The molecule has 100 valence electrons. The van der Waals surface area contributed by atoms with Gasteiger partial charge >= 0.3 is 0 Å². The van der Waals surface area contributed by atoms with E-state index in [-0.39, 0.29) is 11.9 Å². The van der Waals surface area contributed by atoms with Gasteiger partial charge in [-0.15, -0.1) is 0 Å². The van der Waals surface area contributed by atoms with E-state index in [0.29, 0.717) is 23.3 Å². The molecule has 1 saturated carbocycles. The van der Waals surface area contributed by atoms with Gasteiger partial charge in [0.2, 0.25) is 0 Å². The van der Waals surface area contributed by atoms with Gasteiger partial charge in [0, 0.05) is 25.3 Å². The SMILES string of the molecule is CC(C1CC1)N(C)C(=O)c1cc(N)cn1C(C)C. The minimum absolute atomic E-state index is 0.0693. The quantitative estimate of drug-likeness (QED) is 0.891. The van der Waals surface area contributed by atoms with Crippen LogP contribution in [0.15, 0.2) is 12.3 Å². The van der Waals surface area contributed by atoms with Crippen LogP contribution in [-0.4, -0.2) is 28.5 Å². The fourth-order valence-electron chi connectivity index (χ4n) is 2.36. The highest BCUT2D eigenvalue weighted by atomic mass is 16.2. The van der Waals surface area contributed by atoms with Gasteiger partial charge in [0.25, 0.3) is 5.91 Å². The Bertz CT molecular complexity index is 446. The number of rotatable bonds is 4. The Kier molecular flexibility index (Phi) is 3.37. The highest BCUT2D eigenvalue weighted by molar-refractivity contribution is 5.94. The summed E-state index contributed by atoms with van der Waals surface area (Å²) in [6.07, 6.45) is 4.33. The summed E-state index contributed by atoms with van der Waals surface area (Å²) in [7, 11) is 1.89. The Morgan fingerprint density at radius 3 is 2.56 bits per heavy atom. The maximum Gasteiger partial charge on any atom is 0.270 e. The zero-order valence-electron chi connectivity index (χ0n) is 11.7. The van der Waals surface area contributed by atoms with E-state index >= 15 is 0 Å². The highest BCUT2D eigenvalue weighted by Gasteiger charge is 2.33. The molecule has 18 heavy (non-hydrogen) atoms. The van der Waals surface area contributed by atoms with Crippen LogP contribution in [0.4, 0.5) is 5.69 Å². The number of hydrogen-bond donors (Lipinski definition) is 1. The molecule has 4 nitrogen and oxygen atoms in total. The van der Waals surface area contributed by atoms with Gasteiger partial charge in [-0.3, -0.25) is 4.79 Å². The second-order valence-corrected chi connectivity index (χ2v) is 5.65. The molecule has 1 aromatic rings. The number of nitrogens with two attached hydrogens (primary N) is 1. The van der Waals surface area contributed by atoms with Gasteiger partial charge in [0.15, 0.2) is 0 Å². The van der Waals surface area contributed by atoms with Crippen LogP contribution in [0, 0.1) is 5.92 Å². The molecule has 2 N–H and O–H groups in total. The van der Waals surface area contributed by atoms with E-state index in [2.05, 4.69) is 20.8 Å². The molecule has 1 aliphatic carbocycles. The summed E-state index contributed by atoms with van der Waals surface area (Å²) in [5, 5.41) is 0. The molecule has 4 heteroatoms. The third-order valence-corrected chi connectivity index (χ3v) is 3.88. The normalized spacial score (nSPS) is 16.9. The van der Waals surface area contributed by atoms with E-state index in [0.717, 1.165) is 0 Å².